The van der Waals surface area contributed by atoms with Crippen molar-refractivity contribution in [3.05, 3.63) is 0 Å². The average molecular weight is 159 g/mol. The van der Waals surface area contributed by atoms with Gasteiger partial charge in [0, 0.05) is 15.5 Å². The zero-order chi connectivity index (χ0) is 3.58. The highest BCUT2D eigenvalue weighted by Gasteiger charge is 1.78. The molecule has 0 rings (SSSR count). The summed E-state index contributed by atoms with van der Waals surface area (Å²) < 4.78 is -0.197. The second kappa shape index (κ2) is 2.18. The van der Waals surface area contributed by atoms with Crippen LogP contribution >= 0.6 is 22.4 Å². The summed E-state index contributed by atoms with van der Waals surface area (Å²) in [6.45, 7) is 0. The fraction of sp³-hybridized carbons (Fsp3) is 0. The third-order valence-electron chi connectivity index (χ3n) is 0. The van der Waals surface area contributed by atoms with E-state index in [0.717, 1.165) is 0 Å². The highest BCUT2D eigenvalue weighted by molar-refractivity contribution is 14.1. The summed E-state index contributed by atoms with van der Waals surface area (Å²) in [4.78, 5) is 0. The first-order chi connectivity index (χ1) is 1.73. The Morgan fingerprint density at radius 3 is 1.50 bits per heavy atom. The van der Waals surface area contributed by atoms with E-state index in [-0.39, 0.29) is 4.35 Å². The van der Waals surface area contributed by atoms with Crippen molar-refractivity contribution in [1.82, 2.24) is 0 Å². The van der Waals surface area contributed by atoms with Crippen LogP contribution in [0.3, 0.4) is 0 Å². The average Bonchev–Trinajstić information content (AvgIpc) is 0.811. The van der Waals surface area contributed by atoms with Crippen LogP contribution in [-0.4, -0.2) is 19.8 Å². The van der Waals surface area contributed by atoms with Crippen LogP contribution in [0.25, 0.3) is 0 Å². The van der Waals surface area contributed by atoms with Gasteiger partial charge in [0.2, 0.25) is 0 Å². The van der Waals surface area contributed by atoms with Crippen molar-refractivity contribution >= 4 is 42.2 Å². The number of halogens is 1. The smallest absolute Gasteiger partial charge is 0.120 e. The van der Waals surface area contributed by atoms with E-state index in [9.17, 15) is 0 Å². The molecule has 0 saturated heterocycles. The molecule has 0 spiro atoms. The van der Waals surface area contributed by atoms with Gasteiger partial charge in [0.25, 0.3) is 0 Å². The van der Waals surface area contributed by atoms with E-state index in [1.807, 2.05) is 22.4 Å². The van der Waals surface area contributed by atoms with E-state index in [2.05, 4.69) is 0 Å². The molecule has 4 heteroatoms. The van der Waals surface area contributed by atoms with E-state index >= 15 is 0 Å². The highest BCUT2D eigenvalue weighted by atomic mass is 127. The van der Waals surface area contributed by atoms with E-state index < -0.39 is 0 Å². The fourth-order valence-electron chi connectivity index (χ4n) is 0. The molecule has 0 amide bonds. The van der Waals surface area contributed by atoms with Crippen molar-refractivity contribution in [2.45, 2.75) is 0 Å². The highest BCUT2D eigenvalue weighted by Crippen LogP contribution is 1.74. The summed E-state index contributed by atoms with van der Waals surface area (Å²) in [6, 6.07) is 0. The Labute approximate surface area is 42.5 Å². The molecule has 0 aliphatic carbocycles. The molecular weight excluding hydrogens is 159 g/mol. The van der Waals surface area contributed by atoms with Gasteiger partial charge < -0.3 is 0 Å². The molecule has 0 heterocycles. The van der Waals surface area contributed by atoms with Crippen LogP contribution in [0.15, 0.2) is 0 Å². The zero-order valence-electron chi connectivity index (χ0n) is 2.11. The van der Waals surface area contributed by atoms with Crippen molar-refractivity contribution in [1.29, 1.82) is 0 Å². The summed E-state index contributed by atoms with van der Waals surface area (Å²) >= 11 is 1.90. The first-order valence-corrected chi connectivity index (χ1v) is 2.13. The van der Waals surface area contributed by atoms with Gasteiger partial charge in [0.15, 0.2) is 0 Å². The minimum absolute atomic E-state index is 0.197. The molecule has 0 bridgehead atoms. The van der Waals surface area contributed by atoms with E-state index in [1.54, 1.807) is 0 Å². The summed E-state index contributed by atoms with van der Waals surface area (Å²) in [5.74, 6) is 0. The maximum Gasteiger partial charge on any atom is 0.120 e. The molecule has 0 aliphatic heterocycles. The van der Waals surface area contributed by atoms with Crippen molar-refractivity contribution < 1.29 is 0 Å². The molecule has 0 aromatic carbocycles. The van der Waals surface area contributed by atoms with Crippen LogP contribution < -0.4 is 0 Å². The Morgan fingerprint density at radius 1 is 1.50 bits per heavy atom. The van der Waals surface area contributed by atoms with Crippen LogP contribution in [0.5, 0.6) is 0 Å². The van der Waals surface area contributed by atoms with Gasteiger partial charge in [0.1, 0.15) is 4.35 Å². The number of rotatable bonds is 0. The molecule has 0 saturated carbocycles. The predicted octanol–water partition coefficient (Wildman–Crippen LogP) is -0.257. The van der Waals surface area contributed by atoms with Crippen LogP contribution in [0.2, 0.25) is 0 Å². The van der Waals surface area contributed by atoms with Gasteiger partial charge in [-0.15, -0.1) is 0 Å². The minimum atomic E-state index is -0.197. The fourth-order valence-corrected chi connectivity index (χ4v) is 0. The molecule has 0 nitrogen and oxygen atoms in total. The second-order valence-electron chi connectivity index (χ2n) is 0.444. The lowest BCUT2D eigenvalue weighted by Gasteiger charge is -1.70. The molecule has 0 aromatic heterocycles. The normalized spacial score (nSPS) is 6.25. The Kier molecular flexibility index (Phi) is 2.68. The Bertz CT molecular complexity index is 8.00. The first-order valence-electron chi connectivity index (χ1n) is 0.885. The lowest BCUT2D eigenvalue weighted by Crippen LogP contribution is -1.98. The lowest BCUT2D eigenvalue weighted by molar-refractivity contribution is 4.29. The molecule has 0 aromatic rings. The van der Waals surface area contributed by atoms with Crippen molar-refractivity contribution in [2.75, 3.05) is 0 Å². The van der Waals surface area contributed by atoms with E-state index in [0.29, 0.717) is 0 Å². The van der Waals surface area contributed by atoms with E-state index in [4.69, 9.17) is 15.5 Å². The van der Waals surface area contributed by atoms with Crippen LogP contribution in [0, 0.1) is 0 Å². The summed E-state index contributed by atoms with van der Waals surface area (Å²) in [5, 5.41) is 0. The molecular formula is B3I. The molecule has 0 fully saturated rings. The third kappa shape index (κ3) is 12.7. The molecule has 0 atom stereocenters. The topological polar surface area (TPSA) is 0 Å². The molecule has 0 aliphatic rings. The van der Waals surface area contributed by atoms with Gasteiger partial charge >= 0.3 is 0 Å². The van der Waals surface area contributed by atoms with Crippen molar-refractivity contribution in [3.63, 3.8) is 0 Å². The Balaban J connectivity index is 2.32. The SMILES string of the molecule is [B]B([B])I. The maximum atomic E-state index is 4.88. The van der Waals surface area contributed by atoms with Gasteiger partial charge in [-0.2, -0.15) is 22.4 Å². The molecule has 4 heavy (non-hydrogen) atoms. The number of hydrogen-bond donors (Lipinski definition) is 0. The predicted molar refractivity (Wildman–Crippen MR) is 31.3 cm³/mol. The second-order valence-corrected chi connectivity index (χ2v) is 1.88. The quantitative estimate of drug-likeness (QED) is 0.338. The van der Waals surface area contributed by atoms with Gasteiger partial charge in [-0.3, -0.25) is 0 Å². The molecule has 0 N–H and O–H groups in total. The summed E-state index contributed by atoms with van der Waals surface area (Å²) in [5.41, 5.74) is 0. The summed E-state index contributed by atoms with van der Waals surface area (Å²) in [7, 11) is 9.75. The Morgan fingerprint density at radius 2 is 1.50 bits per heavy atom. The number of hydrogen-bond acceptors (Lipinski definition) is 0. The summed E-state index contributed by atoms with van der Waals surface area (Å²) in [6.07, 6.45) is 0. The Hall–Kier alpha value is 0.925. The molecule has 16 valence electrons. The molecule has 0 unspecified atom stereocenters. The first kappa shape index (κ1) is 4.92. The van der Waals surface area contributed by atoms with E-state index in [1.165, 1.54) is 0 Å². The maximum absolute atomic E-state index is 4.88. The van der Waals surface area contributed by atoms with Crippen LogP contribution in [0.1, 0.15) is 0 Å². The monoisotopic (exact) mass is 160 g/mol. The minimum Gasteiger partial charge on any atom is -0.173 e. The van der Waals surface area contributed by atoms with Crippen LogP contribution in [-0.2, 0) is 0 Å². The van der Waals surface area contributed by atoms with Gasteiger partial charge in [-0.05, 0) is 0 Å². The standard InChI is InChI=1S/B3I/c1-3(2)4. The largest absolute Gasteiger partial charge is 0.173 e. The van der Waals surface area contributed by atoms with Gasteiger partial charge in [-0.25, -0.2) is 0 Å². The van der Waals surface area contributed by atoms with Gasteiger partial charge in [-0.1, -0.05) is 0 Å². The third-order valence-corrected chi connectivity index (χ3v) is 0. The lowest BCUT2D eigenvalue weighted by atomic mass is 9.39. The molecule has 4 radical (unpaired) electrons. The zero-order valence-corrected chi connectivity index (χ0v) is 4.27. The van der Waals surface area contributed by atoms with Crippen LogP contribution in [0.4, 0.5) is 0 Å². The van der Waals surface area contributed by atoms with Gasteiger partial charge in [0.05, 0.1) is 0 Å². The van der Waals surface area contributed by atoms with Crippen molar-refractivity contribution in [2.24, 2.45) is 0 Å². The van der Waals surface area contributed by atoms with Crippen molar-refractivity contribution in [3.8, 4) is 0 Å².